The van der Waals surface area contributed by atoms with Gasteiger partial charge in [-0.3, -0.25) is 9.36 Å². The summed E-state index contributed by atoms with van der Waals surface area (Å²) >= 11 is 0. The molecule has 0 unspecified atom stereocenters. The third kappa shape index (κ3) is 2.92. The van der Waals surface area contributed by atoms with Gasteiger partial charge in [0.05, 0.1) is 5.39 Å². The molecule has 0 saturated heterocycles. The van der Waals surface area contributed by atoms with Gasteiger partial charge in [0.2, 0.25) is 0 Å². The summed E-state index contributed by atoms with van der Waals surface area (Å²) in [5.74, 6) is 0. The Labute approximate surface area is 136 Å². The number of pyridine rings is 1. The lowest BCUT2D eigenvalue weighted by Crippen LogP contribution is -2.23. The predicted octanol–water partition coefficient (Wildman–Crippen LogP) is 3.61. The van der Waals surface area contributed by atoms with Crippen LogP contribution in [0.5, 0.6) is 0 Å². The maximum Gasteiger partial charge on any atom is 0.263 e. The molecule has 0 radical (unpaired) electrons. The van der Waals surface area contributed by atoms with E-state index in [9.17, 15) is 4.79 Å². The number of nitrogens with zero attached hydrogens (tertiary/aromatic N) is 2. The van der Waals surface area contributed by atoms with Crippen molar-refractivity contribution in [3.8, 4) is 5.69 Å². The average Bonchev–Trinajstić information content (AvgIpc) is 2.54. The standard InChI is InChI=1S/C20H22N2O/c1-4-17-13-15-9-8-10-16(14-21(2)3)19(15)20(23)22(17)18-11-6-5-7-12-18/h5-13H,4,14H2,1-3H3. The Bertz CT molecular complexity index is 879. The summed E-state index contributed by atoms with van der Waals surface area (Å²) in [6.07, 6.45) is 0.817. The summed E-state index contributed by atoms with van der Waals surface area (Å²) in [7, 11) is 4.05. The minimum atomic E-state index is 0.0722. The van der Waals surface area contributed by atoms with Gasteiger partial charge in [0.25, 0.3) is 5.56 Å². The maximum atomic E-state index is 13.3. The molecule has 3 nitrogen and oxygen atoms in total. The smallest absolute Gasteiger partial charge is 0.263 e. The summed E-state index contributed by atoms with van der Waals surface area (Å²) in [4.78, 5) is 15.3. The molecule has 1 aromatic heterocycles. The molecule has 0 atom stereocenters. The lowest BCUT2D eigenvalue weighted by Gasteiger charge is -2.16. The van der Waals surface area contributed by atoms with E-state index in [2.05, 4.69) is 17.9 Å². The van der Waals surface area contributed by atoms with Gasteiger partial charge in [0, 0.05) is 17.9 Å². The number of rotatable bonds is 4. The molecule has 23 heavy (non-hydrogen) atoms. The van der Waals surface area contributed by atoms with Crippen molar-refractivity contribution in [3.05, 3.63) is 76.2 Å². The van der Waals surface area contributed by atoms with Crippen molar-refractivity contribution in [1.29, 1.82) is 0 Å². The third-order valence-electron chi connectivity index (χ3n) is 4.07. The van der Waals surface area contributed by atoms with Crippen molar-refractivity contribution in [1.82, 2.24) is 9.47 Å². The second kappa shape index (κ2) is 6.39. The predicted molar refractivity (Wildman–Crippen MR) is 96.3 cm³/mol. The van der Waals surface area contributed by atoms with Crippen LogP contribution in [0.25, 0.3) is 16.5 Å². The van der Waals surface area contributed by atoms with Gasteiger partial charge in [0.15, 0.2) is 0 Å². The fraction of sp³-hybridized carbons (Fsp3) is 0.250. The Kier molecular flexibility index (Phi) is 4.30. The summed E-state index contributed by atoms with van der Waals surface area (Å²) in [5, 5.41) is 1.85. The number of fused-ring (bicyclic) bond motifs is 1. The molecule has 3 aromatic rings. The van der Waals surface area contributed by atoms with Crippen LogP contribution in [0.2, 0.25) is 0 Å². The van der Waals surface area contributed by atoms with E-state index in [0.717, 1.165) is 40.7 Å². The first kappa shape index (κ1) is 15.5. The van der Waals surface area contributed by atoms with Crippen LogP contribution in [-0.2, 0) is 13.0 Å². The minimum absolute atomic E-state index is 0.0722. The van der Waals surface area contributed by atoms with E-state index in [4.69, 9.17) is 0 Å². The average molecular weight is 306 g/mol. The Balaban J connectivity index is 2.36. The lowest BCUT2D eigenvalue weighted by molar-refractivity contribution is 0.404. The molecule has 0 fully saturated rings. The van der Waals surface area contributed by atoms with Crippen LogP contribution in [0.1, 0.15) is 18.2 Å². The van der Waals surface area contributed by atoms with Crippen LogP contribution in [0, 0.1) is 0 Å². The van der Waals surface area contributed by atoms with Gasteiger partial charge in [-0.05, 0) is 49.7 Å². The zero-order valence-corrected chi connectivity index (χ0v) is 13.9. The molecule has 0 bridgehead atoms. The maximum absolute atomic E-state index is 13.3. The van der Waals surface area contributed by atoms with E-state index in [0.29, 0.717) is 0 Å². The van der Waals surface area contributed by atoms with E-state index in [1.54, 1.807) is 0 Å². The second-order valence-corrected chi connectivity index (χ2v) is 6.08. The number of benzene rings is 2. The Morgan fingerprint density at radius 2 is 1.74 bits per heavy atom. The molecule has 0 saturated carbocycles. The highest BCUT2D eigenvalue weighted by molar-refractivity contribution is 5.85. The SMILES string of the molecule is CCc1cc2cccc(CN(C)C)c2c(=O)n1-c1ccccc1. The quantitative estimate of drug-likeness (QED) is 0.735. The van der Waals surface area contributed by atoms with Gasteiger partial charge >= 0.3 is 0 Å². The zero-order valence-electron chi connectivity index (χ0n) is 13.9. The summed E-state index contributed by atoms with van der Waals surface area (Å²) in [6, 6.07) is 18.1. The van der Waals surface area contributed by atoms with Crippen molar-refractivity contribution >= 4 is 10.8 Å². The Morgan fingerprint density at radius 3 is 2.39 bits per heavy atom. The largest absolute Gasteiger partial charge is 0.305 e. The molecule has 1 heterocycles. The number of para-hydroxylation sites is 1. The number of hydrogen-bond donors (Lipinski definition) is 0. The summed E-state index contributed by atoms with van der Waals surface area (Å²) < 4.78 is 1.85. The highest BCUT2D eigenvalue weighted by atomic mass is 16.1. The van der Waals surface area contributed by atoms with Crippen molar-refractivity contribution in [2.24, 2.45) is 0 Å². The first-order chi connectivity index (χ1) is 11.1. The summed E-state index contributed by atoms with van der Waals surface area (Å²) in [5.41, 5.74) is 3.11. The molecule has 0 aliphatic carbocycles. The summed E-state index contributed by atoms with van der Waals surface area (Å²) in [6.45, 7) is 2.84. The van der Waals surface area contributed by atoms with Gasteiger partial charge in [-0.1, -0.05) is 43.3 Å². The molecular weight excluding hydrogens is 284 g/mol. The van der Waals surface area contributed by atoms with Gasteiger partial charge < -0.3 is 4.90 Å². The first-order valence-corrected chi connectivity index (χ1v) is 7.98. The van der Waals surface area contributed by atoms with Crippen molar-refractivity contribution < 1.29 is 0 Å². The minimum Gasteiger partial charge on any atom is -0.305 e. The van der Waals surface area contributed by atoms with E-state index in [-0.39, 0.29) is 5.56 Å². The van der Waals surface area contributed by atoms with Gasteiger partial charge in [-0.2, -0.15) is 0 Å². The fourth-order valence-electron chi connectivity index (χ4n) is 3.08. The second-order valence-electron chi connectivity index (χ2n) is 6.08. The molecule has 3 heteroatoms. The van der Waals surface area contributed by atoms with Crippen molar-refractivity contribution in [2.45, 2.75) is 19.9 Å². The molecule has 3 rings (SSSR count). The fourth-order valence-corrected chi connectivity index (χ4v) is 3.08. The zero-order chi connectivity index (χ0) is 16.4. The highest BCUT2D eigenvalue weighted by Crippen LogP contribution is 2.20. The van der Waals surface area contributed by atoms with Crippen LogP contribution in [-0.4, -0.2) is 23.6 Å². The van der Waals surface area contributed by atoms with Crippen LogP contribution in [0.15, 0.2) is 59.4 Å². The van der Waals surface area contributed by atoms with Crippen molar-refractivity contribution in [3.63, 3.8) is 0 Å². The van der Waals surface area contributed by atoms with Gasteiger partial charge in [0.1, 0.15) is 0 Å². The molecule has 0 amide bonds. The number of aromatic nitrogens is 1. The van der Waals surface area contributed by atoms with E-state index in [1.165, 1.54) is 0 Å². The lowest BCUT2D eigenvalue weighted by atomic mass is 10.0. The van der Waals surface area contributed by atoms with E-state index >= 15 is 0 Å². The van der Waals surface area contributed by atoms with E-state index in [1.807, 2.05) is 67.2 Å². The molecule has 118 valence electrons. The van der Waals surface area contributed by atoms with Crippen LogP contribution >= 0.6 is 0 Å². The number of aryl methyl sites for hydroxylation is 1. The van der Waals surface area contributed by atoms with Gasteiger partial charge in [-0.15, -0.1) is 0 Å². The Morgan fingerprint density at radius 1 is 1.00 bits per heavy atom. The molecule has 0 aliphatic heterocycles. The van der Waals surface area contributed by atoms with Crippen LogP contribution < -0.4 is 5.56 Å². The normalized spacial score (nSPS) is 11.3. The van der Waals surface area contributed by atoms with Crippen LogP contribution in [0.3, 0.4) is 0 Å². The number of hydrogen-bond acceptors (Lipinski definition) is 2. The first-order valence-electron chi connectivity index (χ1n) is 7.98. The van der Waals surface area contributed by atoms with E-state index < -0.39 is 0 Å². The monoisotopic (exact) mass is 306 g/mol. The molecular formula is C20H22N2O. The molecule has 0 spiro atoms. The topological polar surface area (TPSA) is 25.2 Å². The molecule has 2 aromatic carbocycles. The van der Waals surface area contributed by atoms with Crippen molar-refractivity contribution in [2.75, 3.05) is 14.1 Å². The highest BCUT2D eigenvalue weighted by Gasteiger charge is 2.13. The third-order valence-corrected chi connectivity index (χ3v) is 4.07. The molecule has 0 N–H and O–H groups in total. The molecule has 0 aliphatic rings. The van der Waals surface area contributed by atoms with Gasteiger partial charge in [-0.25, -0.2) is 0 Å². The Hall–Kier alpha value is -2.39. The van der Waals surface area contributed by atoms with Crippen LogP contribution in [0.4, 0.5) is 0 Å².